The van der Waals surface area contributed by atoms with Gasteiger partial charge in [0.05, 0.1) is 0 Å². The molecule has 2 aliphatic rings. The van der Waals surface area contributed by atoms with Gasteiger partial charge in [0.25, 0.3) is 0 Å². The highest BCUT2D eigenvalue weighted by Gasteiger charge is 2.22. The molecular formula is C17H25NO2. The van der Waals surface area contributed by atoms with Crippen molar-refractivity contribution >= 4 is 6.09 Å². The van der Waals surface area contributed by atoms with Gasteiger partial charge in [0.2, 0.25) is 0 Å². The Morgan fingerprint density at radius 2 is 2.00 bits per heavy atom. The Bertz CT molecular complexity index is 401. The number of piperidine rings is 1. The summed E-state index contributed by atoms with van der Waals surface area (Å²) in [4.78, 5) is 13.9. The molecule has 1 aliphatic carbocycles. The van der Waals surface area contributed by atoms with Gasteiger partial charge in [-0.25, -0.2) is 4.79 Å². The summed E-state index contributed by atoms with van der Waals surface area (Å²) in [5.74, 6) is 0.780. The summed E-state index contributed by atoms with van der Waals surface area (Å²) < 4.78 is 5.43. The zero-order valence-corrected chi connectivity index (χ0v) is 12.4. The van der Waals surface area contributed by atoms with Crippen LogP contribution in [0.15, 0.2) is 36.0 Å². The number of allylic oxidation sites excluding steroid dienone is 4. The number of hydrogen-bond acceptors (Lipinski definition) is 2. The minimum absolute atomic E-state index is 0.161. The Balaban J connectivity index is 1.76. The third kappa shape index (κ3) is 4.55. The Morgan fingerprint density at radius 3 is 2.75 bits per heavy atom. The first-order chi connectivity index (χ1) is 9.79. The predicted molar refractivity (Wildman–Crippen MR) is 81.5 cm³/mol. The van der Waals surface area contributed by atoms with Crippen LogP contribution >= 0.6 is 0 Å². The summed E-state index contributed by atoms with van der Waals surface area (Å²) in [5, 5.41) is 0. The van der Waals surface area contributed by atoms with Crippen LogP contribution < -0.4 is 0 Å². The molecule has 1 amide bonds. The summed E-state index contributed by atoms with van der Waals surface area (Å²) in [7, 11) is 0. The first-order valence-electron chi connectivity index (χ1n) is 7.72. The van der Waals surface area contributed by atoms with E-state index in [9.17, 15) is 4.79 Å². The third-order valence-corrected chi connectivity index (χ3v) is 4.10. The highest BCUT2D eigenvalue weighted by atomic mass is 16.6. The Kier molecular flexibility index (Phi) is 5.90. The summed E-state index contributed by atoms with van der Waals surface area (Å²) in [5.41, 5.74) is 1.09. The number of carbonyl (C=O) groups excluding carboxylic acids is 1. The predicted octanol–water partition coefficient (Wildman–Crippen LogP) is 4.08. The maximum atomic E-state index is 12.0. The van der Waals surface area contributed by atoms with Crippen molar-refractivity contribution in [1.82, 2.24) is 4.90 Å². The van der Waals surface area contributed by atoms with Crippen LogP contribution in [0.3, 0.4) is 0 Å². The maximum Gasteiger partial charge on any atom is 0.410 e. The lowest BCUT2D eigenvalue weighted by Crippen LogP contribution is -2.38. The lowest BCUT2D eigenvalue weighted by Gasteiger charge is -2.30. The number of rotatable bonds is 3. The maximum absolute atomic E-state index is 12.0. The van der Waals surface area contributed by atoms with E-state index in [1.807, 2.05) is 4.90 Å². The molecule has 0 bridgehead atoms. The van der Waals surface area contributed by atoms with E-state index >= 15 is 0 Å². The van der Waals surface area contributed by atoms with Crippen molar-refractivity contribution in [1.29, 1.82) is 0 Å². The van der Waals surface area contributed by atoms with E-state index in [2.05, 4.69) is 37.3 Å². The molecule has 0 radical (unpaired) electrons. The molecule has 0 N–H and O–H groups in total. The van der Waals surface area contributed by atoms with Crippen molar-refractivity contribution in [3.63, 3.8) is 0 Å². The van der Waals surface area contributed by atoms with Gasteiger partial charge in [-0.1, -0.05) is 43.7 Å². The van der Waals surface area contributed by atoms with Gasteiger partial charge in [0.1, 0.15) is 6.61 Å². The molecule has 0 spiro atoms. The molecule has 0 aromatic heterocycles. The van der Waals surface area contributed by atoms with Gasteiger partial charge in [-0.15, -0.1) is 0 Å². The number of nitrogens with zero attached hydrogens (tertiary/aromatic N) is 1. The molecule has 1 fully saturated rings. The van der Waals surface area contributed by atoms with Gasteiger partial charge in [0.15, 0.2) is 0 Å². The number of amides is 1. The first kappa shape index (κ1) is 14.9. The third-order valence-electron chi connectivity index (χ3n) is 4.10. The minimum Gasteiger partial charge on any atom is -0.445 e. The minimum atomic E-state index is -0.161. The Hall–Kier alpha value is -1.51. The monoisotopic (exact) mass is 275 g/mol. The molecule has 0 unspecified atom stereocenters. The van der Waals surface area contributed by atoms with Crippen molar-refractivity contribution in [2.45, 2.75) is 39.0 Å². The molecule has 0 aromatic carbocycles. The van der Waals surface area contributed by atoms with Gasteiger partial charge in [-0.2, -0.15) is 0 Å². The van der Waals surface area contributed by atoms with Gasteiger partial charge >= 0.3 is 6.09 Å². The average molecular weight is 275 g/mol. The molecule has 110 valence electrons. The van der Waals surface area contributed by atoms with Crippen LogP contribution in [0.5, 0.6) is 0 Å². The average Bonchev–Trinajstić information content (AvgIpc) is 2.46. The normalized spacial score (nSPS) is 24.4. The smallest absolute Gasteiger partial charge is 0.410 e. The highest BCUT2D eigenvalue weighted by Crippen LogP contribution is 2.20. The van der Waals surface area contributed by atoms with Crippen molar-refractivity contribution in [3.05, 3.63) is 36.0 Å². The van der Waals surface area contributed by atoms with Crippen molar-refractivity contribution < 1.29 is 9.53 Å². The second-order valence-corrected chi connectivity index (χ2v) is 5.52. The number of carbonyl (C=O) groups is 1. The first-order valence-corrected chi connectivity index (χ1v) is 7.72. The molecule has 20 heavy (non-hydrogen) atoms. The van der Waals surface area contributed by atoms with Crippen LogP contribution in [0.1, 0.15) is 39.0 Å². The lowest BCUT2D eigenvalue weighted by atomic mass is 9.95. The molecule has 1 heterocycles. The largest absolute Gasteiger partial charge is 0.445 e. The topological polar surface area (TPSA) is 29.5 Å². The molecule has 0 atom stereocenters. The summed E-state index contributed by atoms with van der Waals surface area (Å²) in [6.07, 6.45) is 15.7. The summed E-state index contributed by atoms with van der Waals surface area (Å²) in [6, 6.07) is 0. The van der Waals surface area contributed by atoms with E-state index in [0.29, 0.717) is 6.61 Å². The van der Waals surface area contributed by atoms with Crippen LogP contribution in [-0.2, 0) is 4.74 Å². The Morgan fingerprint density at radius 1 is 1.25 bits per heavy atom. The van der Waals surface area contributed by atoms with Crippen molar-refractivity contribution in [3.8, 4) is 0 Å². The zero-order chi connectivity index (χ0) is 14.2. The van der Waals surface area contributed by atoms with Crippen molar-refractivity contribution in [2.75, 3.05) is 19.7 Å². The summed E-state index contributed by atoms with van der Waals surface area (Å²) in [6.45, 7) is 4.29. The Labute approximate surface area is 122 Å². The number of ether oxygens (including phenoxy) is 1. The van der Waals surface area contributed by atoms with E-state index in [1.54, 1.807) is 0 Å². The van der Waals surface area contributed by atoms with Crippen LogP contribution in [0.25, 0.3) is 0 Å². The molecule has 1 saturated heterocycles. The van der Waals surface area contributed by atoms with Crippen LogP contribution in [0.2, 0.25) is 0 Å². The second kappa shape index (κ2) is 7.93. The fourth-order valence-electron chi connectivity index (χ4n) is 2.65. The number of hydrogen-bond donors (Lipinski definition) is 0. The van der Waals surface area contributed by atoms with E-state index in [1.165, 1.54) is 6.42 Å². The van der Waals surface area contributed by atoms with E-state index in [-0.39, 0.29) is 6.09 Å². The SMILES string of the molecule is CCC1CCN(C(=O)OCC2=C/CC=CC/C=C\2)CC1. The van der Waals surface area contributed by atoms with Gasteiger partial charge < -0.3 is 9.64 Å². The molecular weight excluding hydrogens is 250 g/mol. The van der Waals surface area contributed by atoms with Crippen LogP contribution in [-0.4, -0.2) is 30.7 Å². The fourth-order valence-corrected chi connectivity index (χ4v) is 2.65. The zero-order valence-electron chi connectivity index (χ0n) is 12.4. The van der Waals surface area contributed by atoms with Crippen LogP contribution in [0.4, 0.5) is 4.79 Å². The van der Waals surface area contributed by atoms with E-state index in [4.69, 9.17) is 4.74 Å². The highest BCUT2D eigenvalue weighted by molar-refractivity contribution is 5.68. The van der Waals surface area contributed by atoms with Gasteiger partial charge in [-0.3, -0.25) is 0 Å². The van der Waals surface area contributed by atoms with Crippen LogP contribution in [0, 0.1) is 5.92 Å². The van der Waals surface area contributed by atoms with E-state index in [0.717, 1.165) is 50.3 Å². The van der Waals surface area contributed by atoms with Gasteiger partial charge in [-0.05, 0) is 37.2 Å². The second-order valence-electron chi connectivity index (χ2n) is 5.52. The van der Waals surface area contributed by atoms with Gasteiger partial charge in [0, 0.05) is 13.1 Å². The summed E-state index contributed by atoms with van der Waals surface area (Å²) >= 11 is 0. The van der Waals surface area contributed by atoms with E-state index < -0.39 is 0 Å². The quantitative estimate of drug-likeness (QED) is 0.726. The fraction of sp³-hybridized carbons (Fsp3) is 0.588. The molecule has 1 aliphatic heterocycles. The molecule has 2 rings (SSSR count). The number of likely N-dealkylation sites (tertiary alicyclic amines) is 1. The molecule has 3 nitrogen and oxygen atoms in total. The molecule has 0 saturated carbocycles. The standard InChI is InChI=1S/C17H25NO2/c1-2-15-10-12-18(13-11-15)17(19)20-14-16-8-6-4-3-5-7-9-16/h3-4,7-9,15H,2,5-6,10-14H2,1H3/b4-3?,9-7-,16-8+. The molecule has 0 aromatic rings. The lowest BCUT2D eigenvalue weighted by molar-refractivity contribution is 0.0945. The molecule has 3 heteroatoms. The van der Waals surface area contributed by atoms with Crippen molar-refractivity contribution in [2.24, 2.45) is 5.92 Å².